The van der Waals surface area contributed by atoms with Gasteiger partial charge in [0.1, 0.15) is 6.61 Å². The summed E-state index contributed by atoms with van der Waals surface area (Å²) in [6, 6.07) is 9.79. The first-order chi connectivity index (χ1) is 8.33. The number of fused-ring (bicyclic) bond motifs is 1. The van der Waals surface area contributed by atoms with Crippen LogP contribution in [-0.2, 0) is 20.9 Å². The summed E-state index contributed by atoms with van der Waals surface area (Å²) in [5.74, 6) is -0.0229. The third-order valence-electron chi connectivity index (χ3n) is 3.56. The molecule has 2 fully saturated rings. The van der Waals surface area contributed by atoms with Crippen LogP contribution in [-0.4, -0.2) is 18.2 Å². The van der Waals surface area contributed by atoms with Crippen molar-refractivity contribution in [3.05, 3.63) is 35.9 Å². The third-order valence-corrected chi connectivity index (χ3v) is 3.56. The van der Waals surface area contributed by atoms with Crippen LogP contribution in [0.25, 0.3) is 0 Å². The smallest absolute Gasteiger partial charge is 0.309 e. The molecule has 1 aliphatic heterocycles. The van der Waals surface area contributed by atoms with Crippen molar-refractivity contribution in [1.29, 1.82) is 0 Å². The van der Waals surface area contributed by atoms with E-state index in [4.69, 9.17) is 9.47 Å². The molecule has 0 aromatic heterocycles. The number of rotatable bonds is 3. The molecule has 1 aromatic carbocycles. The van der Waals surface area contributed by atoms with Crippen LogP contribution in [0.1, 0.15) is 24.8 Å². The minimum absolute atomic E-state index is 0.0439. The molecule has 1 saturated heterocycles. The molecule has 1 aromatic rings. The van der Waals surface area contributed by atoms with Crippen LogP contribution in [0, 0.1) is 5.92 Å². The van der Waals surface area contributed by atoms with Crippen molar-refractivity contribution in [3.63, 3.8) is 0 Å². The van der Waals surface area contributed by atoms with Gasteiger partial charge >= 0.3 is 5.97 Å². The first-order valence-electron chi connectivity index (χ1n) is 6.19. The Morgan fingerprint density at radius 1 is 1.24 bits per heavy atom. The van der Waals surface area contributed by atoms with E-state index in [9.17, 15) is 4.79 Å². The van der Waals surface area contributed by atoms with Gasteiger partial charge in [0.15, 0.2) is 0 Å². The highest BCUT2D eigenvalue weighted by molar-refractivity contribution is 5.72. The van der Waals surface area contributed by atoms with Crippen molar-refractivity contribution < 1.29 is 14.3 Å². The van der Waals surface area contributed by atoms with Crippen molar-refractivity contribution in [2.24, 2.45) is 5.92 Å². The average Bonchev–Trinajstić information content (AvgIpc) is 3.15. The summed E-state index contributed by atoms with van der Waals surface area (Å²) in [6.45, 7) is 0.380. The Labute approximate surface area is 101 Å². The van der Waals surface area contributed by atoms with Crippen LogP contribution >= 0.6 is 0 Å². The summed E-state index contributed by atoms with van der Waals surface area (Å²) in [5, 5.41) is 0. The summed E-state index contributed by atoms with van der Waals surface area (Å²) < 4.78 is 10.8. The Kier molecular flexibility index (Phi) is 2.85. The fourth-order valence-electron chi connectivity index (χ4n) is 2.46. The maximum atomic E-state index is 11.9. The fraction of sp³-hybridized carbons (Fsp3) is 0.500. The topological polar surface area (TPSA) is 38.8 Å². The minimum atomic E-state index is -0.0668. The summed E-state index contributed by atoms with van der Waals surface area (Å²) in [5.41, 5.74) is 1.04. The molecule has 1 heterocycles. The van der Waals surface area contributed by atoms with Crippen molar-refractivity contribution in [2.45, 2.75) is 38.1 Å². The molecule has 0 N–H and O–H groups in total. The lowest BCUT2D eigenvalue weighted by atomic mass is 9.89. The van der Waals surface area contributed by atoms with Gasteiger partial charge < -0.3 is 9.47 Å². The summed E-state index contributed by atoms with van der Waals surface area (Å²) in [4.78, 5) is 11.9. The molecule has 1 saturated carbocycles. The van der Waals surface area contributed by atoms with Crippen molar-refractivity contribution in [3.8, 4) is 0 Å². The van der Waals surface area contributed by atoms with E-state index >= 15 is 0 Å². The average molecular weight is 232 g/mol. The predicted molar refractivity (Wildman–Crippen MR) is 62.2 cm³/mol. The Morgan fingerprint density at radius 3 is 2.82 bits per heavy atom. The Hall–Kier alpha value is -1.35. The Morgan fingerprint density at radius 2 is 2.06 bits per heavy atom. The van der Waals surface area contributed by atoms with E-state index in [0.717, 1.165) is 24.8 Å². The van der Waals surface area contributed by atoms with Crippen LogP contribution < -0.4 is 0 Å². The normalized spacial score (nSPS) is 30.5. The molecule has 0 amide bonds. The van der Waals surface area contributed by atoms with Crippen molar-refractivity contribution in [2.75, 3.05) is 0 Å². The molecule has 90 valence electrons. The van der Waals surface area contributed by atoms with E-state index in [1.54, 1.807) is 0 Å². The van der Waals surface area contributed by atoms with Gasteiger partial charge in [0.05, 0.1) is 18.1 Å². The number of carbonyl (C=O) groups excluding carboxylic acids is 1. The van der Waals surface area contributed by atoms with Gasteiger partial charge in [0.25, 0.3) is 0 Å². The van der Waals surface area contributed by atoms with E-state index in [-0.39, 0.29) is 11.9 Å². The monoisotopic (exact) mass is 232 g/mol. The molecule has 0 bridgehead atoms. The lowest BCUT2D eigenvalue weighted by molar-refractivity contribution is -0.150. The van der Waals surface area contributed by atoms with Crippen molar-refractivity contribution in [1.82, 2.24) is 0 Å². The van der Waals surface area contributed by atoms with Gasteiger partial charge in [0, 0.05) is 0 Å². The zero-order valence-corrected chi connectivity index (χ0v) is 9.67. The molecular weight excluding hydrogens is 216 g/mol. The predicted octanol–water partition coefficient (Wildman–Crippen LogP) is 2.30. The van der Waals surface area contributed by atoms with E-state index in [1.807, 2.05) is 30.3 Å². The molecule has 0 radical (unpaired) electrons. The SMILES string of the molecule is O=C(OCc1ccccc1)[C@@H]1CC[C@@H]2O[C@@H]2C1. The van der Waals surface area contributed by atoms with Crippen LogP contribution in [0.3, 0.4) is 0 Å². The van der Waals surface area contributed by atoms with E-state index in [1.165, 1.54) is 0 Å². The maximum absolute atomic E-state index is 11.9. The number of hydrogen-bond acceptors (Lipinski definition) is 3. The zero-order valence-electron chi connectivity index (χ0n) is 9.67. The number of hydrogen-bond donors (Lipinski definition) is 0. The summed E-state index contributed by atoms with van der Waals surface area (Å²) in [6.07, 6.45) is 3.54. The lowest BCUT2D eigenvalue weighted by Crippen LogP contribution is -2.23. The molecular formula is C14H16O3. The molecule has 3 heteroatoms. The number of ether oxygens (including phenoxy) is 2. The number of epoxide rings is 1. The first kappa shape index (κ1) is 10.8. The Bertz CT molecular complexity index is 401. The lowest BCUT2D eigenvalue weighted by Gasteiger charge is -2.17. The highest BCUT2D eigenvalue weighted by Gasteiger charge is 2.46. The Balaban J connectivity index is 1.50. The van der Waals surface area contributed by atoms with Crippen molar-refractivity contribution >= 4 is 5.97 Å². The molecule has 2 aliphatic rings. The molecule has 0 unspecified atom stereocenters. The van der Waals surface area contributed by atoms with E-state index < -0.39 is 0 Å². The maximum Gasteiger partial charge on any atom is 0.309 e. The molecule has 3 atom stereocenters. The van der Waals surface area contributed by atoms with Gasteiger partial charge in [0.2, 0.25) is 0 Å². The second kappa shape index (κ2) is 4.49. The van der Waals surface area contributed by atoms with Crippen LogP contribution in [0.5, 0.6) is 0 Å². The molecule has 17 heavy (non-hydrogen) atoms. The standard InChI is InChI=1S/C14H16O3/c15-14(11-6-7-12-13(8-11)17-12)16-9-10-4-2-1-3-5-10/h1-5,11-13H,6-9H2/t11-,12+,13-/m1/s1. The summed E-state index contributed by atoms with van der Waals surface area (Å²) in [7, 11) is 0. The van der Waals surface area contributed by atoms with Gasteiger partial charge in [-0.2, -0.15) is 0 Å². The molecule has 3 nitrogen and oxygen atoms in total. The van der Waals surface area contributed by atoms with Crippen LogP contribution in [0.4, 0.5) is 0 Å². The van der Waals surface area contributed by atoms with Gasteiger partial charge in [-0.15, -0.1) is 0 Å². The first-order valence-corrected chi connectivity index (χ1v) is 6.19. The number of esters is 1. The van der Waals surface area contributed by atoms with E-state index in [0.29, 0.717) is 18.8 Å². The minimum Gasteiger partial charge on any atom is -0.461 e. The summed E-state index contributed by atoms with van der Waals surface area (Å²) >= 11 is 0. The molecule has 1 aliphatic carbocycles. The van der Waals surface area contributed by atoms with Crippen LogP contribution in [0.15, 0.2) is 30.3 Å². The van der Waals surface area contributed by atoms with Gasteiger partial charge in [-0.05, 0) is 24.8 Å². The third kappa shape index (κ3) is 2.50. The second-order valence-corrected chi connectivity index (χ2v) is 4.82. The molecule has 0 spiro atoms. The van der Waals surface area contributed by atoms with Crippen LogP contribution in [0.2, 0.25) is 0 Å². The van der Waals surface area contributed by atoms with Gasteiger partial charge in [-0.1, -0.05) is 30.3 Å². The quantitative estimate of drug-likeness (QED) is 0.593. The zero-order chi connectivity index (χ0) is 11.7. The highest BCUT2D eigenvalue weighted by atomic mass is 16.6. The second-order valence-electron chi connectivity index (χ2n) is 4.82. The van der Waals surface area contributed by atoms with Gasteiger partial charge in [-0.3, -0.25) is 4.79 Å². The number of benzene rings is 1. The van der Waals surface area contributed by atoms with E-state index in [2.05, 4.69) is 0 Å². The molecule has 3 rings (SSSR count). The number of carbonyl (C=O) groups is 1. The fourth-order valence-corrected chi connectivity index (χ4v) is 2.46. The highest BCUT2D eigenvalue weighted by Crippen LogP contribution is 2.39. The largest absolute Gasteiger partial charge is 0.461 e. The van der Waals surface area contributed by atoms with Gasteiger partial charge in [-0.25, -0.2) is 0 Å².